The van der Waals surface area contributed by atoms with E-state index in [1.807, 2.05) is 25.1 Å². The van der Waals surface area contributed by atoms with E-state index in [4.69, 9.17) is 44.3 Å². The molecule has 34 heavy (non-hydrogen) atoms. The molecule has 4 rings (SSSR count). The summed E-state index contributed by atoms with van der Waals surface area (Å²) in [6.07, 6.45) is 1.50. The largest absolute Gasteiger partial charge is 0.490 e. The van der Waals surface area contributed by atoms with Crippen molar-refractivity contribution in [3.8, 4) is 11.5 Å². The average Bonchev–Trinajstić information content (AvgIpc) is 3.10. The Hall–Kier alpha value is -3.19. The topological polar surface area (TPSA) is 67.9 Å². The molecule has 0 atom stereocenters. The summed E-state index contributed by atoms with van der Waals surface area (Å²) in [6.45, 7) is 2.53. The van der Waals surface area contributed by atoms with Gasteiger partial charge < -0.3 is 9.47 Å². The Bertz CT molecular complexity index is 1290. The summed E-state index contributed by atoms with van der Waals surface area (Å²) >= 11 is 18.2. The van der Waals surface area contributed by atoms with E-state index in [0.29, 0.717) is 39.4 Å². The fourth-order valence-corrected chi connectivity index (χ4v) is 3.79. The maximum Gasteiger partial charge on any atom is 0.282 e. The minimum absolute atomic E-state index is 0.0294. The number of halogens is 3. The van der Waals surface area contributed by atoms with E-state index in [1.165, 1.54) is 12.1 Å². The van der Waals surface area contributed by atoms with Crippen molar-refractivity contribution >= 4 is 58.4 Å². The molecule has 1 aliphatic heterocycles. The van der Waals surface area contributed by atoms with Gasteiger partial charge in [0.25, 0.3) is 11.8 Å². The van der Waals surface area contributed by atoms with E-state index in [-0.39, 0.29) is 17.2 Å². The number of carbonyl (C=O) groups excluding carboxylic acids is 2. The zero-order valence-electron chi connectivity index (χ0n) is 18.0. The molecule has 3 aromatic rings. The van der Waals surface area contributed by atoms with Crippen LogP contribution in [-0.4, -0.2) is 18.4 Å². The lowest BCUT2D eigenvalue weighted by molar-refractivity contribution is -0.117. The third-order valence-electron chi connectivity index (χ3n) is 4.97. The predicted octanol–water partition coefficient (Wildman–Crippen LogP) is 6.09. The number of hydrazine groups is 1. The van der Waals surface area contributed by atoms with E-state index in [1.54, 1.807) is 36.4 Å². The summed E-state index contributed by atoms with van der Waals surface area (Å²) < 4.78 is 11.6. The molecule has 0 saturated carbocycles. The van der Waals surface area contributed by atoms with E-state index in [0.717, 1.165) is 10.6 Å². The maximum atomic E-state index is 12.9. The van der Waals surface area contributed by atoms with Crippen LogP contribution in [0.5, 0.6) is 11.5 Å². The molecule has 3 aromatic carbocycles. The first kappa shape index (κ1) is 24.0. The number of nitrogens with one attached hydrogen (secondary N) is 1. The molecule has 9 heteroatoms. The van der Waals surface area contributed by atoms with E-state index >= 15 is 0 Å². The smallest absolute Gasteiger partial charge is 0.282 e. The lowest BCUT2D eigenvalue weighted by Gasteiger charge is -2.15. The number of hydrogen-bond donors (Lipinski definition) is 1. The quantitative estimate of drug-likeness (QED) is 0.304. The van der Waals surface area contributed by atoms with Gasteiger partial charge in [0.2, 0.25) is 0 Å². The molecular weight excluding hydrogens is 499 g/mol. The Morgan fingerprint density at radius 3 is 2.41 bits per heavy atom. The number of nitrogens with zero attached hydrogens (tertiary/aromatic N) is 1. The molecule has 0 unspecified atom stereocenters. The van der Waals surface area contributed by atoms with Crippen molar-refractivity contribution in [2.24, 2.45) is 0 Å². The van der Waals surface area contributed by atoms with Crippen molar-refractivity contribution < 1.29 is 19.1 Å². The molecule has 0 bridgehead atoms. The van der Waals surface area contributed by atoms with Gasteiger partial charge in [-0.25, -0.2) is 5.01 Å². The van der Waals surface area contributed by atoms with Crippen molar-refractivity contribution in [1.82, 2.24) is 5.43 Å². The molecule has 1 aliphatic rings. The summed E-state index contributed by atoms with van der Waals surface area (Å²) in [4.78, 5) is 25.4. The minimum atomic E-state index is -0.534. The van der Waals surface area contributed by atoms with Gasteiger partial charge in [-0.3, -0.25) is 15.0 Å². The van der Waals surface area contributed by atoms with Gasteiger partial charge in [0.05, 0.1) is 22.3 Å². The second-order valence-electron chi connectivity index (χ2n) is 7.26. The van der Waals surface area contributed by atoms with Crippen molar-refractivity contribution in [2.75, 3.05) is 11.6 Å². The molecule has 1 saturated heterocycles. The van der Waals surface area contributed by atoms with Gasteiger partial charge in [-0.05, 0) is 55.0 Å². The number of hydrogen-bond acceptors (Lipinski definition) is 4. The first-order chi connectivity index (χ1) is 16.4. The fourth-order valence-electron chi connectivity index (χ4n) is 3.30. The van der Waals surface area contributed by atoms with Gasteiger partial charge in [-0.2, -0.15) is 0 Å². The first-order valence-corrected chi connectivity index (χ1v) is 11.5. The summed E-state index contributed by atoms with van der Waals surface area (Å²) in [7, 11) is 0. The molecule has 174 valence electrons. The minimum Gasteiger partial charge on any atom is -0.490 e. The predicted molar refractivity (Wildman–Crippen MR) is 133 cm³/mol. The summed E-state index contributed by atoms with van der Waals surface area (Å²) in [5.41, 5.74) is 4.35. The Kier molecular flexibility index (Phi) is 7.32. The van der Waals surface area contributed by atoms with Crippen LogP contribution in [0.25, 0.3) is 6.08 Å². The normalized spacial score (nSPS) is 14.5. The number of anilines is 1. The lowest BCUT2D eigenvalue weighted by Crippen LogP contribution is -2.35. The van der Waals surface area contributed by atoms with Crippen molar-refractivity contribution in [2.45, 2.75) is 13.5 Å². The Balaban J connectivity index is 1.57. The third kappa shape index (κ3) is 5.14. The zero-order chi connectivity index (χ0) is 24.2. The highest BCUT2D eigenvalue weighted by atomic mass is 35.5. The molecular formula is C25H19Cl3N2O4. The average molecular weight is 518 g/mol. The monoisotopic (exact) mass is 516 g/mol. The second kappa shape index (κ2) is 10.4. The van der Waals surface area contributed by atoms with E-state index < -0.39 is 11.8 Å². The molecule has 1 N–H and O–H groups in total. The number of carbonyl (C=O) groups is 2. The number of ether oxygens (including phenoxy) is 2. The lowest BCUT2D eigenvalue weighted by atomic mass is 10.1. The number of rotatable bonds is 7. The Morgan fingerprint density at radius 1 is 0.882 bits per heavy atom. The van der Waals surface area contributed by atoms with Crippen LogP contribution in [0.4, 0.5) is 5.69 Å². The highest BCUT2D eigenvalue weighted by molar-refractivity contribution is 6.42. The van der Waals surface area contributed by atoms with Crippen LogP contribution in [-0.2, 0) is 16.2 Å². The highest BCUT2D eigenvalue weighted by Gasteiger charge is 2.34. The number of amides is 2. The zero-order valence-corrected chi connectivity index (χ0v) is 20.2. The van der Waals surface area contributed by atoms with Crippen LogP contribution in [0.3, 0.4) is 0 Å². The summed E-state index contributed by atoms with van der Waals surface area (Å²) in [5.74, 6) is -0.0480. The maximum absolute atomic E-state index is 12.9. The summed E-state index contributed by atoms with van der Waals surface area (Å²) in [5, 5.41) is 2.35. The Morgan fingerprint density at radius 2 is 1.68 bits per heavy atom. The van der Waals surface area contributed by atoms with E-state index in [9.17, 15) is 9.59 Å². The SMILES string of the molecule is CCOc1cc(C=C2C(=O)NN(c3ccc(Cl)c(Cl)c3)C2=O)ccc1OCc1ccccc1Cl. The van der Waals surface area contributed by atoms with Crippen molar-refractivity contribution in [1.29, 1.82) is 0 Å². The standard InChI is InChI=1S/C25H19Cl3N2O4/c1-2-33-23-12-15(7-10-22(23)34-14-16-5-3-4-6-19(16)26)11-18-24(31)29-30(25(18)32)17-8-9-20(27)21(28)13-17/h3-13H,2,14H2,1H3,(H,29,31). The molecule has 1 fully saturated rings. The molecule has 0 spiro atoms. The Labute approximate surface area is 211 Å². The van der Waals surface area contributed by atoms with Crippen LogP contribution in [0.15, 0.2) is 66.2 Å². The van der Waals surface area contributed by atoms with Gasteiger partial charge in [0.1, 0.15) is 12.2 Å². The van der Waals surface area contributed by atoms with Gasteiger partial charge in [0, 0.05) is 10.6 Å². The third-order valence-corrected chi connectivity index (χ3v) is 6.08. The molecule has 6 nitrogen and oxygen atoms in total. The highest BCUT2D eigenvalue weighted by Crippen LogP contribution is 2.32. The number of benzene rings is 3. The van der Waals surface area contributed by atoms with Gasteiger partial charge in [0.15, 0.2) is 11.5 Å². The van der Waals surface area contributed by atoms with Crippen LogP contribution >= 0.6 is 34.8 Å². The van der Waals surface area contributed by atoms with E-state index in [2.05, 4.69) is 5.43 Å². The first-order valence-electron chi connectivity index (χ1n) is 10.3. The molecule has 0 radical (unpaired) electrons. The van der Waals surface area contributed by atoms with Crippen molar-refractivity contribution in [3.05, 3.63) is 92.4 Å². The molecule has 2 amide bonds. The van der Waals surface area contributed by atoms with Gasteiger partial charge in [-0.1, -0.05) is 59.1 Å². The molecule has 0 aromatic heterocycles. The van der Waals surface area contributed by atoms with Crippen LogP contribution in [0.1, 0.15) is 18.1 Å². The summed E-state index contributed by atoms with van der Waals surface area (Å²) in [6, 6.07) is 17.2. The van der Waals surface area contributed by atoms with Crippen LogP contribution in [0, 0.1) is 0 Å². The van der Waals surface area contributed by atoms with Gasteiger partial charge >= 0.3 is 0 Å². The fraction of sp³-hybridized carbons (Fsp3) is 0.120. The van der Waals surface area contributed by atoms with Crippen LogP contribution < -0.4 is 19.9 Å². The molecule has 0 aliphatic carbocycles. The molecule has 1 heterocycles. The van der Waals surface area contributed by atoms with Crippen LogP contribution in [0.2, 0.25) is 15.1 Å². The van der Waals surface area contributed by atoms with Gasteiger partial charge in [-0.15, -0.1) is 0 Å². The van der Waals surface area contributed by atoms with Crippen molar-refractivity contribution in [3.63, 3.8) is 0 Å². The second-order valence-corrected chi connectivity index (χ2v) is 8.48.